The first-order chi connectivity index (χ1) is 10.3. The molecule has 2 aliphatic rings. The molecule has 7 heteroatoms. The van der Waals surface area contributed by atoms with E-state index in [4.69, 9.17) is 14.0 Å². The molecule has 1 amide bonds. The smallest absolute Gasteiger partial charge is 0.248 e. The van der Waals surface area contributed by atoms with Crippen LogP contribution in [0.1, 0.15) is 42.8 Å². The Labute approximate surface area is 123 Å². The largest absolute Gasteiger partial charge is 0.381 e. The van der Waals surface area contributed by atoms with E-state index in [1.165, 1.54) is 7.11 Å². The lowest BCUT2D eigenvalue weighted by atomic mass is 9.96. The van der Waals surface area contributed by atoms with E-state index in [9.17, 15) is 4.79 Å². The second kappa shape index (κ2) is 6.53. The topological polar surface area (TPSA) is 77.7 Å². The first kappa shape index (κ1) is 14.5. The molecule has 0 N–H and O–H groups in total. The third-order valence-corrected chi connectivity index (χ3v) is 4.22. The molecule has 1 atom stereocenters. The third-order valence-electron chi connectivity index (χ3n) is 4.22. The second-order valence-electron chi connectivity index (χ2n) is 5.64. The molecule has 0 aromatic carbocycles. The van der Waals surface area contributed by atoms with Crippen molar-refractivity contribution < 1.29 is 18.8 Å². The first-order valence-electron chi connectivity index (χ1n) is 7.46. The highest BCUT2D eigenvalue weighted by atomic mass is 16.5. The SMILES string of the molecule is COCC(=O)N1CCC(c2nc([C@@H]3CCOC3)no2)CC1. The number of carbonyl (C=O) groups is 1. The lowest BCUT2D eigenvalue weighted by Crippen LogP contribution is -2.39. The Morgan fingerprint density at radius 3 is 2.81 bits per heavy atom. The van der Waals surface area contributed by atoms with Gasteiger partial charge in [0.25, 0.3) is 0 Å². The van der Waals surface area contributed by atoms with Gasteiger partial charge in [-0.25, -0.2) is 0 Å². The fraction of sp³-hybridized carbons (Fsp3) is 0.786. The Balaban J connectivity index is 1.55. The molecule has 0 saturated carbocycles. The van der Waals surface area contributed by atoms with Crippen molar-refractivity contribution in [1.29, 1.82) is 0 Å². The first-order valence-corrected chi connectivity index (χ1v) is 7.46. The van der Waals surface area contributed by atoms with Gasteiger partial charge >= 0.3 is 0 Å². The molecular weight excluding hydrogens is 274 g/mol. The summed E-state index contributed by atoms with van der Waals surface area (Å²) in [6, 6.07) is 0. The minimum atomic E-state index is 0.0465. The second-order valence-corrected chi connectivity index (χ2v) is 5.64. The average Bonchev–Trinajstić information content (AvgIpc) is 3.19. The van der Waals surface area contributed by atoms with E-state index in [0.29, 0.717) is 12.5 Å². The van der Waals surface area contributed by atoms with Crippen molar-refractivity contribution in [2.75, 3.05) is 40.0 Å². The van der Waals surface area contributed by atoms with Crippen LogP contribution in [0.4, 0.5) is 0 Å². The molecule has 3 heterocycles. The van der Waals surface area contributed by atoms with Crippen LogP contribution in [0.5, 0.6) is 0 Å². The van der Waals surface area contributed by atoms with Crippen molar-refractivity contribution in [1.82, 2.24) is 15.0 Å². The van der Waals surface area contributed by atoms with E-state index in [-0.39, 0.29) is 24.3 Å². The van der Waals surface area contributed by atoms with Gasteiger partial charge in [0, 0.05) is 38.6 Å². The summed E-state index contributed by atoms with van der Waals surface area (Å²) in [4.78, 5) is 18.1. The molecule has 116 valence electrons. The van der Waals surface area contributed by atoms with E-state index in [0.717, 1.165) is 44.8 Å². The maximum atomic E-state index is 11.8. The predicted molar refractivity (Wildman–Crippen MR) is 72.9 cm³/mol. The summed E-state index contributed by atoms with van der Waals surface area (Å²) in [5.74, 6) is 2.03. The summed E-state index contributed by atoms with van der Waals surface area (Å²) >= 11 is 0. The Kier molecular flexibility index (Phi) is 4.50. The van der Waals surface area contributed by atoms with Crippen LogP contribution in [0.15, 0.2) is 4.52 Å². The summed E-state index contributed by atoms with van der Waals surface area (Å²) in [7, 11) is 1.54. The molecule has 3 rings (SSSR count). The van der Waals surface area contributed by atoms with Gasteiger partial charge in [-0.3, -0.25) is 4.79 Å². The summed E-state index contributed by atoms with van der Waals surface area (Å²) in [5.41, 5.74) is 0. The lowest BCUT2D eigenvalue weighted by molar-refractivity contribution is -0.136. The van der Waals surface area contributed by atoms with Crippen LogP contribution >= 0.6 is 0 Å². The van der Waals surface area contributed by atoms with Crippen LogP contribution < -0.4 is 0 Å². The zero-order valence-electron chi connectivity index (χ0n) is 12.3. The molecule has 1 aromatic heterocycles. The normalized spacial score (nSPS) is 23.7. The zero-order valence-corrected chi connectivity index (χ0v) is 12.3. The molecule has 2 aliphatic heterocycles. The van der Waals surface area contributed by atoms with E-state index < -0.39 is 0 Å². The molecule has 0 spiro atoms. The van der Waals surface area contributed by atoms with Gasteiger partial charge in [0.15, 0.2) is 5.82 Å². The van der Waals surface area contributed by atoms with Crippen LogP contribution in [-0.4, -0.2) is 61.0 Å². The number of nitrogens with zero attached hydrogens (tertiary/aromatic N) is 3. The van der Waals surface area contributed by atoms with Gasteiger partial charge in [0.05, 0.1) is 6.61 Å². The minimum Gasteiger partial charge on any atom is -0.381 e. The van der Waals surface area contributed by atoms with Gasteiger partial charge in [0.2, 0.25) is 11.8 Å². The van der Waals surface area contributed by atoms with Gasteiger partial charge in [-0.2, -0.15) is 4.98 Å². The fourth-order valence-electron chi connectivity index (χ4n) is 2.91. The Morgan fingerprint density at radius 1 is 1.33 bits per heavy atom. The molecular formula is C14H21N3O4. The van der Waals surface area contributed by atoms with E-state index in [1.807, 2.05) is 4.90 Å². The zero-order chi connectivity index (χ0) is 14.7. The predicted octanol–water partition coefficient (Wildman–Crippen LogP) is 0.926. The van der Waals surface area contributed by atoms with Gasteiger partial charge in [-0.05, 0) is 19.3 Å². The van der Waals surface area contributed by atoms with Crippen LogP contribution in [0.3, 0.4) is 0 Å². The molecule has 7 nitrogen and oxygen atoms in total. The number of piperidine rings is 1. The van der Waals surface area contributed by atoms with E-state index in [1.54, 1.807) is 0 Å². The number of rotatable bonds is 4. The Hall–Kier alpha value is -1.47. The quantitative estimate of drug-likeness (QED) is 0.822. The van der Waals surface area contributed by atoms with E-state index in [2.05, 4.69) is 10.1 Å². The van der Waals surface area contributed by atoms with Gasteiger partial charge in [-0.15, -0.1) is 0 Å². The van der Waals surface area contributed by atoms with Gasteiger partial charge in [0.1, 0.15) is 6.61 Å². The Bertz CT molecular complexity index is 476. The van der Waals surface area contributed by atoms with E-state index >= 15 is 0 Å². The molecule has 2 fully saturated rings. The monoisotopic (exact) mass is 295 g/mol. The number of methoxy groups -OCH3 is 1. The summed E-state index contributed by atoms with van der Waals surface area (Å²) in [6.07, 6.45) is 2.68. The van der Waals surface area contributed by atoms with Crippen molar-refractivity contribution in [3.8, 4) is 0 Å². The summed E-state index contributed by atoms with van der Waals surface area (Å²) < 4.78 is 15.7. The summed E-state index contributed by atoms with van der Waals surface area (Å²) in [5, 5.41) is 4.09. The van der Waals surface area contributed by atoms with Crippen molar-refractivity contribution in [3.63, 3.8) is 0 Å². The number of hydrogen-bond acceptors (Lipinski definition) is 6. The molecule has 2 saturated heterocycles. The van der Waals surface area contributed by atoms with Crippen molar-refractivity contribution in [2.24, 2.45) is 0 Å². The molecule has 0 unspecified atom stereocenters. The molecule has 0 bridgehead atoms. The number of amides is 1. The maximum Gasteiger partial charge on any atom is 0.248 e. The third kappa shape index (κ3) is 3.24. The van der Waals surface area contributed by atoms with Crippen molar-refractivity contribution in [3.05, 3.63) is 11.7 Å². The fourth-order valence-corrected chi connectivity index (χ4v) is 2.91. The van der Waals surface area contributed by atoms with Crippen LogP contribution in [0.2, 0.25) is 0 Å². The van der Waals surface area contributed by atoms with Crippen LogP contribution in [0, 0.1) is 0 Å². The number of likely N-dealkylation sites (tertiary alicyclic amines) is 1. The molecule has 1 aromatic rings. The highest BCUT2D eigenvalue weighted by Gasteiger charge is 2.29. The standard InChI is InChI=1S/C14H21N3O4/c1-19-9-12(18)17-5-2-10(3-6-17)14-15-13(16-21-14)11-4-7-20-8-11/h10-11H,2-9H2,1H3/t11-/m1/s1. The Morgan fingerprint density at radius 2 is 2.14 bits per heavy atom. The van der Waals surface area contributed by atoms with Crippen molar-refractivity contribution >= 4 is 5.91 Å². The average molecular weight is 295 g/mol. The van der Waals surface area contributed by atoms with Crippen LogP contribution in [0.25, 0.3) is 0 Å². The van der Waals surface area contributed by atoms with Crippen molar-refractivity contribution in [2.45, 2.75) is 31.1 Å². The number of aromatic nitrogens is 2. The number of hydrogen-bond donors (Lipinski definition) is 0. The molecule has 21 heavy (non-hydrogen) atoms. The van der Waals surface area contributed by atoms with Gasteiger partial charge in [-0.1, -0.05) is 5.16 Å². The highest BCUT2D eigenvalue weighted by molar-refractivity contribution is 5.77. The maximum absolute atomic E-state index is 11.8. The molecule has 0 radical (unpaired) electrons. The molecule has 0 aliphatic carbocycles. The number of carbonyl (C=O) groups excluding carboxylic acids is 1. The lowest BCUT2D eigenvalue weighted by Gasteiger charge is -2.30. The minimum absolute atomic E-state index is 0.0465. The summed E-state index contributed by atoms with van der Waals surface area (Å²) in [6.45, 7) is 3.04. The van der Waals surface area contributed by atoms with Gasteiger partial charge < -0.3 is 18.9 Å². The number of ether oxygens (including phenoxy) is 2. The van der Waals surface area contributed by atoms with Crippen LogP contribution in [-0.2, 0) is 14.3 Å². The highest BCUT2D eigenvalue weighted by Crippen LogP contribution is 2.29.